The zero-order valence-corrected chi connectivity index (χ0v) is 17.1. The number of nitrogens with zero attached hydrogens (tertiary/aromatic N) is 1. The standard InChI is InChI=1S/C21H25N3O4S/c1-2-17-24-18(12-5-3-4-6-12)19(29-17)13-7-9-14(10-8-13)20(26)23-15(21(27)28)11-16(22)25/h7-10,12,15H,2-6,11H2,1H3,(H2,22,25)(H,23,26)(H,27,28). The Hall–Kier alpha value is -2.74. The highest BCUT2D eigenvalue weighted by atomic mass is 32.1. The first-order chi connectivity index (χ1) is 13.9. The van der Waals surface area contributed by atoms with Gasteiger partial charge in [-0.15, -0.1) is 11.3 Å². The first kappa shape index (κ1) is 21.0. The molecule has 1 aromatic heterocycles. The van der Waals surface area contributed by atoms with Crippen LogP contribution in [0.4, 0.5) is 0 Å². The molecule has 2 aromatic rings. The van der Waals surface area contributed by atoms with E-state index < -0.39 is 30.2 Å². The number of carbonyl (C=O) groups is 3. The minimum Gasteiger partial charge on any atom is -0.480 e. The summed E-state index contributed by atoms with van der Waals surface area (Å²) in [5, 5.41) is 12.6. The van der Waals surface area contributed by atoms with Gasteiger partial charge in [-0.3, -0.25) is 9.59 Å². The minimum atomic E-state index is -1.35. The van der Waals surface area contributed by atoms with Crippen LogP contribution in [0.2, 0.25) is 0 Å². The molecule has 8 heteroatoms. The average Bonchev–Trinajstić information content (AvgIpc) is 3.36. The van der Waals surface area contributed by atoms with Gasteiger partial charge >= 0.3 is 5.97 Å². The number of carboxylic acid groups (broad SMARTS) is 1. The van der Waals surface area contributed by atoms with E-state index in [1.54, 1.807) is 23.5 Å². The zero-order valence-electron chi connectivity index (χ0n) is 16.3. The number of nitrogens with two attached hydrogens (primary N) is 1. The minimum absolute atomic E-state index is 0.326. The molecule has 1 heterocycles. The van der Waals surface area contributed by atoms with Gasteiger partial charge in [-0.1, -0.05) is 31.9 Å². The van der Waals surface area contributed by atoms with Gasteiger partial charge in [-0.25, -0.2) is 9.78 Å². The number of carbonyl (C=O) groups excluding carboxylic acids is 2. The van der Waals surface area contributed by atoms with E-state index in [-0.39, 0.29) is 0 Å². The lowest BCUT2D eigenvalue weighted by Gasteiger charge is -2.13. The van der Waals surface area contributed by atoms with Crippen LogP contribution in [-0.4, -0.2) is 33.9 Å². The van der Waals surface area contributed by atoms with Gasteiger partial charge in [0.15, 0.2) is 0 Å². The van der Waals surface area contributed by atoms with Crippen molar-refractivity contribution in [2.24, 2.45) is 5.73 Å². The van der Waals surface area contributed by atoms with Gasteiger partial charge in [0.1, 0.15) is 6.04 Å². The molecule has 1 aliphatic rings. The number of aryl methyl sites for hydroxylation is 1. The topological polar surface area (TPSA) is 122 Å². The van der Waals surface area contributed by atoms with Crippen molar-refractivity contribution in [3.63, 3.8) is 0 Å². The number of aromatic nitrogens is 1. The molecule has 2 amide bonds. The molecule has 1 fully saturated rings. The van der Waals surface area contributed by atoms with Gasteiger partial charge in [0, 0.05) is 11.5 Å². The fourth-order valence-corrected chi connectivity index (χ4v) is 4.72. The lowest BCUT2D eigenvalue weighted by Crippen LogP contribution is -2.43. The van der Waals surface area contributed by atoms with Crippen molar-refractivity contribution in [1.29, 1.82) is 0 Å². The monoisotopic (exact) mass is 415 g/mol. The highest BCUT2D eigenvalue weighted by molar-refractivity contribution is 7.15. The molecule has 154 valence electrons. The largest absolute Gasteiger partial charge is 0.480 e. The summed E-state index contributed by atoms with van der Waals surface area (Å²) < 4.78 is 0. The highest BCUT2D eigenvalue weighted by Gasteiger charge is 2.25. The summed E-state index contributed by atoms with van der Waals surface area (Å²) in [4.78, 5) is 40.6. The van der Waals surface area contributed by atoms with E-state index in [4.69, 9.17) is 15.8 Å². The summed E-state index contributed by atoms with van der Waals surface area (Å²) in [6, 6.07) is 5.71. The second-order valence-electron chi connectivity index (χ2n) is 7.27. The number of hydrogen-bond donors (Lipinski definition) is 3. The van der Waals surface area contributed by atoms with Crippen molar-refractivity contribution >= 4 is 29.1 Å². The Morgan fingerprint density at radius 3 is 2.45 bits per heavy atom. The van der Waals surface area contributed by atoms with Crippen LogP contribution in [0.25, 0.3) is 10.4 Å². The summed E-state index contributed by atoms with van der Waals surface area (Å²) in [6.07, 6.45) is 5.23. The van der Waals surface area contributed by atoms with E-state index in [2.05, 4.69) is 12.2 Å². The van der Waals surface area contributed by atoms with Crippen LogP contribution in [0.1, 0.15) is 66.0 Å². The molecule has 7 nitrogen and oxygen atoms in total. The Labute approximate surface area is 173 Å². The summed E-state index contributed by atoms with van der Waals surface area (Å²) in [6.45, 7) is 2.10. The number of aliphatic carboxylic acids is 1. The van der Waals surface area contributed by atoms with Crippen molar-refractivity contribution in [3.05, 3.63) is 40.5 Å². The zero-order chi connectivity index (χ0) is 21.0. The van der Waals surface area contributed by atoms with Crippen LogP contribution < -0.4 is 11.1 Å². The van der Waals surface area contributed by atoms with Crippen molar-refractivity contribution < 1.29 is 19.5 Å². The third kappa shape index (κ3) is 5.00. The average molecular weight is 416 g/mol. The maximum Gasteiger partial charge on any atom is 0.326 e. The molecule has 1 aromatic carbocycles. The molecule has 0 aliphatic heterocycles. The smallest absolute Gasteiger partial charge is 0.326 e. The van der Waals surface area contributed by atoms with Crippen LogP contribution in [0, 0.1) is 0 Å². The van der Waals surface area contributed by atoms with Gasteiger partial charge < -0.3 is 16.2 Å². The summed E-state index contributed by atoms with van der Waals surface area (Å²) in [7, 11) is 0. The van der Waals surface area contributed by atoms with Crippen molar-refractivity contribution in [2.45, 2.75) is 57.4 Å². The van der Waals surface area contributed by atoms with Crippen LogP contribution in [0.3, 0.4) is 0 Å². The van der Waals surface area contributed by atoms with E-state index in [0.29, 0.717) is 11.5 Å². The molecule has 3 rings (SSSR count). The molecule has 1 aliphatic carbocycles. The Balaban J connectivity index is 1.80. The molecular formula is C21H25N3O4S. The molecule has 1 saturated carbocycles. The van der Waals surface area contributed by atoms with Crippen LogP contribution in [0.15, 0.2) is 24.3 Å². The number of nitrogens with one attached hydrogen (secondary N) is 1. The number of rotatable bonds is 8. The Morgan fingerprint density at radius 1 is 1.24 bits per heavy atom. The molecule has 29 heavy (non-hydrogen) atoms. The maximum atomic E-state index is 12.4. The Bertz CT molecular complexity index is 901. The first-order valence-electron chi connectivity index (χ1n) is 9.81. The third-order valence-electron chi connectivity index (χ3n) is 5.16. The fraction of sp³-hybridized carbons (Fsp3) is 0.429. The van der Waals surface area contributed by atoms with E-state index >= 15 is 0 Å². The lowest BCUT2D eigenvalue weighted by molar-refractivity contribution is -0.140. The summed E-state index contributed by atoms with van der Waals surface area (Å²) >= 11 is 1.69. The first-order valence-corrected chi connectivity index (χ1v) is 10.6. The molecule has 4 N–H and O–H groups in total. The number of thiazole rings is 1. The quantitative estimate of drug-likeness (QED) is 0.611. The van der Waals surface area contributed by atoms with E-state index in [1.165, 1.54) is 12.8 Å². The maximum absolute atomic E-state index is 12.4. The number of benzene rings is 1. The highest BCUT2D eigenvalue weighted by Crippen LogP contribution is 2.41. The predicted octanol–water partition coefficient (Wildman–Crippen LogP) is 3.09. The normalized spacial score (nSPS) is 15.2. The molecular weight excluding hydrogens is 390 g/mol. The van der Waals surface area contributed by atoms with Gasteiger partial charge in [0.25, 0.3) is 5.91 Å². The van der Waals surface area contributed by atoms with Gasteiger partial charge in [-0.2, -0.15) is 0 Å². The molecule has 0 spiro atoms. The van der Waals surface area contributed by atoms with Crippen LogP contribution >= 0.6 is 11.3 Å². The van der Waals surface area contributed by atoms with E-state index in [9.17, 15) is 14.4 Å². The number of amides is 2. The van der Waals surface area contributed by atoms with Crippen LogP contribution in [0.5, 0.6) is 0 Å². The Kier molecular flexibility index (Phi) is 6.64. The van der Waals surface area contributed by atoms with Crippen molar-refractivity contribution in [1.82, 2.24) is 10.3 Å². The summed E-state index contributed by atoms with van der Waals surface area (Å²) in [5.74, 6) is -2.15. The number of carboxylic acids is 1. The van der Waals surface area contributed by atoms with Gasteiger partial charge in [0.2, 0.25) is 5.91 Å². The van der Waals surface area contributed by atoms with Crippen LogP contribution in [-0.2, 0) is 16.0 Å². The second kappa shape index (κ2) is 9.17. The molecule has 0 radical (unpaired) electrons. The van der Waals surface area contributed by atoms with Crippen molar-refractivity contribution in [2.75, 3.05) is 0 Å². The summed E-state index contributed by atoms with van der Waals surface area (Å²) in [5.41, 5.74) is 7.54. The van der Waals surface area contributed by atoms with Crippen molar-refractivity contribution in [3.8, 4) is 10.4 Å². The third-order valence-corrected chi connectivity index (χ3v) is 6.42. The lowest BCUT2D eigenvalue weighted by atomic mass is 9.99. The van der Waals surface area contributed by atoms with Gasteiger partial charge in [0.05, 0.1) is 22.0 Å². The van der Waals surface area contributed by atoms with E-state index in [1.807, 2.05) is 12.1 Å². The van der Waals surface area contributed by atoms with E-state index in [0.717, 1.165) is 40.4 Å². The molecule has 0 saturated heterocycles. The fourth-order valence-electron chi connectivity index (χ4n) is 3.63. The SMILES string of the molecule is CCc1nc(C2CCCC2)c(-c2ccc(C(=O)NC(CC(N)=O)C(=O)O)cc2)s1. The second-order valence-corrected chi connectivity index (χ2v) is 8.35. The number of hydrogen-bond acceptors (Lipinski definition) is 5. The molecule has 1 unspecified atom stereocenters. The Morgan fingerprint density at radius 2 is 1.90 bits per heavy atom. The molecule has 1 atom stereocenters. The predicted molar refractivity (Wildman–Crippen MR) is 111 cm³/mol. The number of primary amides is 1. The van der Waals surface area contributed by atoms with Gasteiger partial charge in [-0.05, 0) is 37.0 Å². The molecule has 0 bridgehead atoms.